The van der Waals surface area contributed by atoms with Crippen LogP contribution < -0.4 is 9.99 Å². The summed E-state index contributed by atoms with van der Waals surface area (Å²) in [5.41, 5.74) is 2.63. The number of nitro benzene ring substituents is 2. The SMILES string of the molecule is C/C(C[n+]1ccccc1)=N\Nc1ccc([N+](=O)[O-])cc1[N+](=O)[O-]. The van der Waals surface area contributed by atoms with Crippen LogP contribution in [0.4, 0.5) is 17.1 Å². The molecule has 1 aromatic heterocycles. The van der Waals surface area contributed by atoms with E-state index in [9.17, 15) is 20.2 Å². The lowest BCUT2D eigenvalue weighted by Crippen LogP contribution is -2.36. The lowest BCUT2D eigenvalue weighted by molar-refractivity contribution is -0.682. The second kappa shape index (κ2) is 7.07. The van der Waals surface area contributed by atoms with Crippen LogP contribution in [-0.4, -0.2) is 15.6 Å². The quantitative estimate of drug-likeness (QED) is 0.380. The number of aromatic nitrogens is 1. The van der Waals surface area contributed by atoms with E-state index in [0.29, 0.717) is 12.3 Å². The molecule has 2 rings (SSSR count). The third-order valence-corrected chi connectivity index (χ3v) is 2.94. The second-order valence-electron chi connectivity index (χ2n) is 4.72. The number of hydrogen-bond acceptors (Lipinski definition) is 6. The minimum absolute atomic E-state index is 0.0954. The number of non-ortho nitro benzene ring substituents is 1. The highest BCUT2D eigenvalue weighted by Gasteiger charge is 2.19. The molecule has 0 unspecified atom stereocenters. The molecule has 0 radical (unpaired) electrons. The van der Waals surface area contributed by atoms with Gasteiger partial charge in [-0.15, -0.1) is 0 Å². The van der Waals surface area contributed by atoms with Gasteiger partial charge in [-0.3, -0.25) is 25.7 Å². The first kappa shape index (κ1) is 16.0. The molecule has 0 fully saturated rings. The average Bonchev–Trinajstić information content (AvgIpc) is 2.53. The number of nitrogens with zero attached hydrogens (tertiary/aromatic N) is 4. The number of hydrogen-bond donors (Lipinski definition) is 1. The Hall–Kier alpha value is -3.36. The van der Waals surface area contributed by atoms with E-state index in [4.69, 9.17) is 0 Å². The number of nitro groups is 2. The zero-order valence-electron chi connectivity index (χ0n) is 12.2. The van der Waals surface area contributed by atoms with Crippen LogP contribution in [0, 0.1) is 20.2 Å². The Morgan fingerprint density at radius 3 is 2.48 bits per heavy atom. The van der Waals surface area contributed by atoms with E-state index in [-0.39, 0.29) is 11.4 Å². The molecular formula is C14H14N5O4+. The Labute approximate surface area is 131 Å². The van der Waals surface area contributed by atoms with Gasteiger partial charge in [0.25, 0.3) is 5.69 Å². The summed E-state index contributed by atoms with van der Waals surface area (Å²) < 4.78 is 1.89. The molecule has 0 saturated heterocycles. The lowest BCUT2D eigenvalue weighted by Gasteiger charge is -2.03. The second-order valence-corrected chi connectivity index (χ2v) is 4.72. The van der Waals surface area contributed by atoms with Crippen molar-refractivity contribution in [1.29, 1.82) is 0 Å². The smallest absolute Gasteiger partial charge is 0.272 e. The summed E-state index contributed by atoms with van der Waals surface area (Å²) in [6, 6.07) is 9.00. The van der Waals surface area contributed by atoms with Crippen molar-refractivity contribution < 1.29 is 14.4 Å². The molecule has 0 atom stereocenters. The lowest BCUT2D eigenvalue weighted by atomic mass is 10.2. The largest absolute Gasteiger partial charge is 0.301 e. The van der Waals surface area contributed by atoms with E-state index in [2.05, 4.69) is 10.5 Å². The fraction of sp³-hybridized carbons (Fsp3) is 0.143. The van der Waals surface area contributed by atoms with Gasteiger partial charge >= 0.3 is 5.69 Å². The minimum Gasteiger partial charge on any atom is -0.272 e. The average molecular weight is 316 g/mol. The first-order chi connectivity index (χ1) is 11.0. The van der Waals surface area contributed by atoms with Crippen molar-refractivity contribution >= 4 is 22.8 Å². The molecule has 118 valence electrons. The van der Waals surface area contributed by atoms with Gasteiger partial charge in [-0.05, 0) is 13.0 Å². The van der Waals surface area contributed by atoms with E-state index in [1.165, 1.54) is 12.1 Å². The van der Waals surface area contributed by atoms with Gasteiger partial charge < -0.3 is 0 Å². The molecule has 23 heavy (non-hydrogen) atoms. The topological polar surface area (TPSA) is 115 Å². The van der Waals surface area contributed by atoms with E-state index in [1.807, 2.05) is 35.2 Å². The number of pyridine rings is 1. The molecule has 0 amide bonds. The van der Waals surface area contributed by atoms with Crippen LogP contribution in [0.3, 0.4) is 0 Å². The maximum Gasteiger partial charge on any atom is 0.301 e. The molecule has 0 spiro atoms. The fourth-order valence-electron chi connectivity index (χ4n) is 1.87. The summed E-state index contributed by atoms with van der Waals surface area (Å²) in [7, 11) is 0. The standard InChI is InChI=1S/C14H14N5O4/c1-11(10-17-7-3-2-4-8-17)15-16-13-6-5-12(18(20)21)9-14(13)19(22)23/h2-9,16H,10H2,1H3/q+1/b15-11+. The van der Waals surface area contributed by atoms with Crippen molar-refractivity contribution in [3.63, 3.8) is 0 Å². The van der Waals surface area contributed by atoms with Gasteiger partial charge in [0, 0.05) is 18.2 Å². The van der Waals surface area contributed by atoms with Gasteiger partial charge in [0.15, 0.2) is 18.9 Å². The first-order valence-electron chi connectivity index (χ1n) is 6.63. The van der Waals surface area contributed by atoms with Crippen LogP contribution in [-0.2, 0) is 6.54 Å². The Bertz CT molecular complexity index is 761. The molecule has 2 aromatic rings. The monoisotopic (exact) mass is 316 g/mol. The van der Waals surface area contributed by atoms with Crippen LogP contribution >= 0.6 is 0 Å². The Morgan fingerprint density at radius 2 is 1.87 bits per heavy atom. The number of hydrazone groups is 1. The van der Waals surface area contributed by atoms with Crippen molar-refractivity contribution in [3.05, 3.63) is 69.0 Å². The van der Waals surface area contributed by atoms with Gasteiger partial charge in [-0.25, -0.2) is 0 Å². The van der Waals surface area contributed by atoms with Crippen molar-refractivity contribution in [2.24, 2.45) is 5.10 Å². The molecule has 0 aliphatic carbocycles. The third-order valence-electron chi connectivity index (χ3n) is 2.94. The summed E-state index contributed by atoms with van der Waals surface area (Å²) in [5.74, 6) is 0. The van der Waals surface area contributed by atoms with Crippen LogP contribution in [0.15, 0.2) is 53.9 Å². The summed E-state index contributed by atoms with van der Waals surface area (Å²) in [5, 5.41) is 25.8. The van der Waals surface area contributed by atoms with Crippen molar-refractivity contribution in [2.45, 2.75) is 13.5 Å². The summed E-state index contributed by atoms with van der Waals surface area (Å²) >= 11 is 0. The highest BCUT2D eigenvalue weighted by atomic mass is 16.6. The Kier molecular flexibility index (Phi) is 4.92. The Balaban J connectivity index is 2.17. The van der Waals surface area contributed by atoms with E-state index >= 15 is 0 Å². The molecule has 1 heterocycles. The fourth-order valence-corrected chi connectivity index (χ4v) is 1.87. The van der Waals surface area contributed by atoms with Gasteiger partial charge in [0.1, 0.15) is 5.69 Å². The van der Waals surface area contributed by atoms with Crippen LogP contribution in [0.1, 0.15) is 6.92 Å². The molecule has 1 aromatic carbocycles. The van der Waals surface area contributed by atoms with E-state index in [0.717, 1.165) is 6.07 Å². The number of anilines is 1. The van der Waals surface area contributed by atoms with Gasteiger partial charge in [-0.2, -0.15) is 9.67 Å². The van der Waals surface area contributed by atoms with Crippen molar-refractivity contribution in [1.82, 2.24) is 0 Å². The predicted octanol–water partition coefficient (Wildman–Crippen LogP) is 2.28. The molecule has 0 saturated carbocycles. The number of nitrogens with one attached hydrogen (secondary N) is 1. The molecule has 9 nitrogen and oxygen atoms in total. The maximum absolute atomic E-state index is 11.0. The summed E-state index contributed by atoms with van der Waals surface area (Å²) in [6.07, 6.45) is 3.74. The zero-order chi connectivity index (χ0) is 16.8. The summed E-state index contributed by atoms with van der Waals surface area (Å²) in [6.45, 7) is 2.28. The van der Waals surface area contributed by atoms with Crippen molar-refractivity contribution in [2.75, 3.05) is 5.43 Å². The molecule has 0 bridgehead atoms. The van der Waals surface area contributed by atoms with E-state index < -0.39 is 15.5 Å². The molecule has 1 N–H and O–H groups in total. The van der Waals surface area contributed by atoms with Gasteiger partial charge in [0.2, 0.25) is 0 Å². The van der Waals surface area contributed by atoms with Crippen LogP contribution in [0.25, 0.3) is 0 Å². The maximum atomic E-state index is 11.0. The summed E-state index contributed by atoms with van der Waals surface area (Å²) in [4.78, 5) is 20.3. The Morgan fingerprint density at radius 1 is 1.17 bits per heavy atom. The normalized spacial score (nSPS) is 11.1. The van der Waals surface area contributed by atoms with Gasteiger partial charge in [0.05, 0.1) is 21.6 Å². The highest BCUT2D eigenvalue weighted by Crippen LogP contribution is 2.28. The van der Waals surface area contributed by atoms with Gasteiger partial charge in [-0.1, -0.05) is 6.07 Å². The highest BCUT2D eigenvalue weighted by molar-refractivity contribution is 5.81. The first-order valence-corrected chi connectivity index (χ1v) is 6.63. The van der Waals surface area contributed by atoms with Crippen LogP contribution in [0.2, 0.25) is 0 Å². The predicted molar refractivity (Wildman–Crippen MR) is 83.1 cm³/mol. The van der Waals surface area contributed by atoms with Crippen LogP contribution in [0.5, 0.6) is 0 Å². The number of rotatable bonds is 6. The zero-order valence-corrected chi connectivity index (χ0v) is 12.2. The van der Waals surface area contributed by atoms with E-state index in [1.54, 1.807) is 6.92 Å². The third kappa shape index (κ3) is 4.30. The molecule has 0 aliphatic heterocycles. The molecule has 0 aliphatic rings. The van der Waals surface area contributed by atoms with Crippen molar-refractivity contribution in [3.8, 4) is 0 Å². The minimum atomic E-state index is -0.688. The number of benzene rings is 1. The molecular weight excluding hydrogens is 302 g/mol. The molecule has 9 heteroatoms.